The number of nitrogens with zero attached hydrogens (tertiary/aromatic N) is 1. The van der Waals surface area contributed by atoms with Crippen molar-refractivity contribution in [1.29, 1.82) is 0 Å². The maximum Gasteiger partial charge on any atom is 0.223 e. The van der Waals surface area contributed by atoms with E-state index in [4.69, 9.17) is 9.47 Å². The van der Waals surface area contributed by atoms with Crippen LogP contribution in [0.15, 0.2) is 24.3 Å². The third kappa shape index (κ3) is 6.71. The van der Waals surface area contributed by atoms with Crippen LogP contribution in [0.2, 0.25) is 0 Å². The molecule has 166 valence electrons. The van der Waals surface area contributed by atoms with Crippen molar-refractivity contribution in [3.63, 3.8) is 0 Å². The first-order chi connectivity index (χ1) is 14.5. The number of amides is 2. The number of hydrogen-bond acceptors (Lipinski definition) is 5. The Hall–Kier alpha value is -2.12. The van der Waals surface area contributed by atoms with Crippen molar-refractivity contribution >= 4 is 11.8 Å². The van der Waals surface area contributed by atoms with Crippen LogP contribution in [0.3, 0.4) is 0 Å². The van der Waals surface area contributed by atoms with Gasteiger partial charge in [-0.15, -0.1) is 0 Å². The fourth-order valence-corrected chi connectivity index (χ4v) is 4.24. The molecule has 0 unspecified atom stereocenters. The number of methoxy groups -OCH3 is 1. The molecule has 0 radical (unpaired) electrons. The van der Waals surface area contributed by atoms with E-state index in [0.29, 0.717) is 19.1 Å². The highest BCUT2D eigenvalue weighted by atomic mass is 16.5. The monoisotopic (exact) mass is 417 g/mol. The molecule has 2 aliphatic rings. The molecule has 0 aromatic heterocycles. The van der Waals surface area contributed by atoms with Crippen LogP contribution in [-0.2, 0) is 20.9 Å². The van der Waals surface area contributed by atoms with Crippen molar-refractivity contribution in [1.82, 2.24) is 15.5 Å². The summed E-state index contributed by atoms with van der Waals surface area (Å²) in [7, 11) is 3.48. The predicted octanol–water partition coefficient (Wildman–Crippen LogP) is 2.10. The molecule has 3 rings (SSSR count). The average Bonchev–Trinajstić information content (AvgIpc) is 2.83. The summed E-state index contributed by atoms with van der Waals surface area (Å²) in [6.45, 7) is 2.75. The summed E-state index contributed by atoms with van der Waals surface area (Å²) < 4.78 is 10.6. The van der Waals surface area contributed by atoms with Gasteiger partial charge in [0.2, 0.25) is 11.8 Å². The minimum Gasteiger partial charge on any atom is -0.497 e. The molecular weight excluding hydrogens is 382 g/mol. The molecule has 7 heteroatoms. The lowest BCUT2D eigenvalue weighted by Crippen LogP contribution is -2.47. The average molecular weight is 418 g/mol. The van der Waals surface area contributed by atoms with Gasteiger partial charge < -0.3 is 25.0 Å². The van der Waals surface area contributed by atoms with Gasteiger partial charge in [-0.25, -0.2) is 0 Å². The van der Waals surface area contributed by atoms with Gasteiger partial charge in [-0.05, 0) is 43.4 Å². The van der Waals surface area contributed by atoms with E-state index in [1.807, 2.05) is 31.3 Å². The number of hydrogen-bond donors (Lipinski definition) is 2. The molecule has 2 fully saturated rings. The molecular formula is C23H35N3O4. The Bertz CT molecular complexity index is 688. The van der Waals surface area contributed by atoms with Gasteiger partial charge in [-0.3, -0.25) is 9.59 Å². The van der Waals surface area contributed by atoms with Gasteiger partial charge in [0, 0.05) is 57.8 Å². The normalized spacial score (nSPS) is 23.9. The molecule has 2 N–H and O–H groups in total. The molecule has 2 aliphatic heterocycles. The number of ether oxygens (including phenoxy) is 2. The molecule has 2 atom stereocenters. The maximum atomic E-state index is 12.8. The molecule has 0 spiro atoms. The number of benzene rings is 1. The van der Waals surface area contributed by atoms with E-state index in [2.05, 4.69) is 10.6 Å². The zero-order chi connectivity index (χ0) is 21.3. The zero-order valence-corrected chi connectivity index (χ0v) is 18.2. The van der Waals surface area contributed by atoms with E-state index in [-0.39, 0.29) is 30.2 Å². The van der Waals surface area contributed by atoms with Crippen LogP contribution in [0.4, 0.5) is 0 Å². The number of carbonyl (C=O) groups excluding carboxylic acids is 2. The molecule has 1 aromatic rings. The van der Waals surface area contributed by atoms with Gasteiger partial charge in [0.1, 0.15) is 5.75 Å². The number of carbonyl (C=O) groups is 2. The SMILES string of the molecule is COc1ccc(CNC(=O)[C@@H]2CCC[C@@H](NC3CCOCC3)CN(C)C(=O)C2)cc1. The molecule has 0 saturated carbocycles. The summed E-state index contributed by atoms with van der Waals surface area (Å²) in [5.74, 6) is 0.516. The molecule has 30 heavy (non-hydrogen) atoms. The van der Waals surface area contributed by atoms with E-state index in [1.165, 1.54) is 0 Å². The van der Waals surface area contributed by atoms with Crippen LogP contribution < -0.4 is 15.4 Å². The van der Waals surface area contributed by atoms with Gasteiger partial charge in [-0.2, -0.15) is 0 Å². The molecule has 0 bridgehead atoms. The fraction of sp³-hybridized carbons (Fsp3) is 0.652. The molecule has 2 saturated heterocycles. The molecule has 1 aromatic carbocycles. The van der Waals surface area contributed by atoms with E-state index in [0.717, 1.165) is 56.6 Å². The Kier molecular flexibility index (Phi) is 8.51. The zero-order valence-electron chi connectivity index (χ0n) is 18.2. The highest BCUT2D eigenvalue weighted by Crippen LogP contribution is 2.20. The Morgan fingerprint density at radius 2 is 1.87 bits per heavy atom. The van der Waals surface area contributed by atoms with Crippen LogP contribution >= 0.6 is 0 Å². The van der Waals surface area contributed by atoms with E-state index < -0.39 is 0 Å². The van der Waals surface area contributed by atoms with Gasteiger partial charge in [0.25, 0.3) is 0 Å². The molecule has 0 aliphatic carbocycles. The quantitative estimate of drug-likeness (QED) is 0.741. The smallest absolute Gasteiger partial charge is 0.223 e. The van der Waals surface area contributed by atoms with Gasteiger partial charge >= 0.3 is 0 Å². The van der Waals surface area contributed by atoms with Crippen molar-refractivity contribution in [3.8, 4) is 5.75 Å². The van der Waals surface area contributed by atoms with Crippen molar-refractivity contribution in [2.24, 2.45) is 5.92 Å². The van der Waals surface area contributed by atoms with Crippen LogP contribution in [0.1, 0.15) is 44.1 Å². The van der Waals surface area contributed by atoms with Gasteiger partial charge in [0.15, 0.2) is 0 Å². The third-order valence-electron chi connectivity index (χ3n) is 6.14. The molecule has 2 heterocycles. The second kappa shape index (κ2) is 11.3. The highest BCUT2D eigenvalue weighted by molar-refractivity contribution is 5.85. The van der Waals surface area contributed by atoms with E-state index in [9.17, 15) is 9.59 Å². The number of likely N-dealkylation sites (N-methyl/N-ethyl adjacent to an activating group) is 1. The van der Waals surface area contributed by atoms with Gasteiger partial charge in [-0.1, -0.05) is 18.6 Å². The molecule has 2 amide bonds. The summed E-state index contributed by atoms with van der Waals surface area (Å²) in [5, 5.41) is 6.73. The van der Waals surface area contributed by atoms with Crippen LogP contribution in [0.25, 0.3) is 0 Å². The first-order valence-electron chi connectivity index (χ1n) is 11.0. The van der Waals surface area contributed by atoms with Crippen molar-refractivity contribution < 1.29 is 19.1 Å². The third-order valence-corrected chi connectivity index (χ3v) is 6.14. The second-order valence-electron chi connectivity index (χ2n) is 8.42. The first-order valence-corrected chi connectivity index (χ1v) is 11.0. The Labute approximate surface area is 179 Å². The van der Waals surface area contributed by atoms with Crippen molar-refractivity contribution in [3.05, 3.63) is 29.8 Å². The summed E-state index contributed by atoms with van der Waals surface area (Å²) >= 11 is 0. The Morgan fingerprint density at radius 3 is 2.57 bits per heavy atom. The van der Waals surface area contributed by atoms with Crippen LogP contribution in [0.5, 0.6) is 5.75 Å². The molecule has 7 nitrogen and oxygen atoms in total. The van der Waals surface area contributed by atoms with Crippen molar-refractivity contribution in [2.45, 2.75) is 57.2 Å². The minimum atomic E-state index is -0.278. The lowest BCUT2D eigenvalue weighted by molar-refractivity contribution is -0.135. The largest absolute Gasteiger partial charge is 0.497 e. The lowest BCUT2D eigenvalue weighted by Gasteiger charge is -2.30. The number of rotatable bonds is 6. The van der Waals surface area contributed by atoms with Gasteiger partial charge in [0.05, 0.1) is 7.11 Å². The lowest BCUT2D eigenvalue weighted by atomic mass is 9.96. The topological polar surface area (TPSA) is 79.9 Å². The summed E-state index contributed by atoms with van der Waals surface area (Å²) in [6.07, 6.45) is 4.95. The summed E-state index contributed by atoms with van der Waals surface area (Å²) in [4.78, 5) is 27.3. The minimum absolute atomic E-state index is 0.0385. The summed E-state index contributed by atoms with van der Waals surface area (Å²) in [5.41, 5.74) is 1.01. The van der Waals surface area contributed by atoms with E-state index in [1.54, 1.807) is 12.0 Å². The first kappa shape index (κ1) is 22.6. The maximum absolute atomic E-state index is 12.8. The van der Waals surface area contributed by atoms with Crippen LogP contribution in [-0.4, -0.2) is 62.7 Å². The van der Waals surface area contributed by atoms with E-state index >= 15 is 0 Å². The number of nitrogens with one attached hydrogen (secondary N) is 2. The standard InChI is InChI=1S/C23H35N3O4/c1-26-16-20(25-19-10-12-30-13-11-19)5-3-4-18(14-22(26)27)23(28)24-15-17-6-8-21(29-2)9-7-17/h6-9,18-20,25H,3-5,10-16H2,1-2H3,(H,24,28)/t18-,20-/m1/s1. The Balaban J connectivity index is 1.52. The van der Waals surface area contributed by atoms with Crippen molar-refractivity contribution in [2.75, 3.05) is 33.9 Å². The Morgan fingerprint density at radius 1 is 1.13 bits per heavy atom. The van der Waals surface area contributed by atoms with Crippen LogP contribution in [0, 0.1) is 5.92 Å². The predicted molar refractivity (Wildman–Crippen MR) is 115 cm³/mol. The summed E-state index contributed by atoms with van der Waals surface area (Å²) in [6, 6.07) is 8.36. The highest BCUT2D eigenvalue weighted by Gasteiger charge is 2.28. The second-order valence-corrected chi connectivity index (χ2v) is 8.42. The fourth-order valence-electron chi connectivity index (χ4n) is 4.24.